The van der Waals surface area contributed by atoms with Gasteiger partial charge in [0.1, 0.15) is 0 Å². The van der Waals surface area contributed by atoms with Crippen LogP contribution < -0.4 is 5.73 Å². The minimum atomic E-state index is 0.318. The monoisotopic (exact) mass is 255 g/mol. The first-order valence-corrected chi connectivity index (χ1v) is 6.95. The Labute approximate surface area is 114 Å². The van der Waals surface area contributed by atoms with Gasteiger partial charge in [-0.2, -0.15) is 5.10 Å². The highest BCUT2D eigenvalue weighted by molar-refractivity contribution is 5.73. The number of nitrogens with zero attached hydrogens (tertiary/aromatic N) is 2. The quantitative estimate of drug-likeness (QED) is 0.851. The molecule has 19 heavy (non-hydrogen) atoms. The lowest BCUT2D eigenvalue weighted by Crippen LogP contribution is -2.28. The molecule has 0 saturated carbocycles. The average Bonchev–Trinajstić information content (AvgIpc) is 2.62. The SMILES string of the molecule is Cc1nn(C)c(C)c1-c1cccc2c1CC[C@H](N)C2. The van der Waals surface area contributed by atoms with E-state index >= 15 is 0 Å². The molecule has 0 bridgehead atoms. The van der Waals surface area contributed by atoms with E-state index in [1.807, 2.05) is 11.7 Å². The molecule has 1 aliphatic carbocycles. The van der Waals surface area contributed by atoms with E-state index in [1.165, 1.54) is 27.9 Å². The normalized spacial score (nSPS) is 18.4. The fourth-order valence-electron chi connectivity index (χ4n) is 3.23. The van der Waals surface area contributed by atoms with Crippen molar-refractivity contribution < 1.29 is 0 Å². The maximum Gasteiger partial charge on any atom is 0.0674 e. The van der Waals surface area contributed by atoms with Gasteiger partial charge in [0.15, 0.2) is 0 Å². The van der Waals surface area contributed by atoms with Gasteiger partial charge in [-0.05, 0) is 49.8 Å². The van der Waals surface area contributed by atoms with Gasteiger partial charge in [0.2, 0.25) is 0 Å². The Hall–Kier alpha value is -1.61. The van der Waals surface area contributed by atoms with Gasteiger partial charge in [0.05, 0.1) is 5.69 Å². The predicted molar refractivity (Wildman–Crippen MR) is 78.1 cm³/mol. The van der Waals surface area contributed by atoms with Crippen molar-refractivity contribution in [1.82, 2.24) is 9.78 Å². The Morgan fingerprint density at radius 2 is 2.11 bits per heavy atom. The van der Waals surface area contributed by atoms with Gasteiger partial charge in [0.25, 0.3) is 0 Å². The van der Waals surface area contributed by atoms with Crippen LogP contribution in [-0.4, -0.2) is 15.8 Å². The van der Waals surface area contributed by atoms with Gasteiger partial charge in [-0.15, -0.1) is 0 Å². The first-order valence-electron chi connectivity index (χ1n) is 6.95. The Morgan fingerprint density at radius 3 is 2.79 bits per heavy atom. The van der Waals surface area contributed by atoms with Crippen LogP contribution in [0, 0.1) is 13.8 Å². The highest BCUT2D eigenvalue weighted by atomic mass is 15.3. The molecule has 3 nitrogen and oxygen atoms in total. The summed E-state index contributed by atoms with van der Waals surface area (Å²) in [7, 11) is 2.01. The van der Waals surface area contributed by atoms with E-state index in [0.717, 1.165) is 25.0 Å². The zero-order valence-corrected chi connectivity index (χ0v) is 11.9. The van der Waals surface area contributed by atoms with Gasteiger partial charge in [-0.1, -0.05) is 18.2 Å². The summed E-state index contributed by atoms with van der Waals surface area (Å²) in [5.41, 5.74) is 14.0. The average molecular weight is 255 g/mol. The third-order valence-electron chi connectivity index (χ3n) is 4.30. The molecule has 1 aliphatic rings. The van der Waals surface area contributed by atoms with Crippen LogP contribution in [0.3, 0.4) is 0 Å². The Kier molecular flexibility index (Phi) is 2.94. The fraction of sp³-hybridized carbons (Fsp3) is 0.438. The zero-order chi connectivity index (χ0) is 13.6. The van der Waals surface area contributed by atoms with Crippen LogP contribution in [-0.2, 0) is 19.9 Å². The van der Waals surface area contributed by atoms with E-state index in [2.05, 4.69) is 37.1 Å². The fourth-order valence-corrected chi connectivity index (χ4v) is 3.23. The topological polar surface area (TPSA) is 43.8 Å². The largest absolute Gasteiger partial charge is 0.327 e. The van der Waals surface area contributed by atoms with Crippen molar-refractivity contribution in [3.63, 3.8) is 0 Å². The first kappa shape index (κ1) is 12.4. The molecule has 1 heterocycles. The summed E-state index contributed by atoms with van der Waals surface area (Å²) in [5, 5.41) is 4.54. The van der Waals surface area contributed by atoms with Crippen LogP contribution in [0.5, 0.6) is 0 Å². The molecular weight excluding hydrogens is 234 g/mol. The number of benzene rings is 1. The van der Waals surface area contributed by atoms with Crippen LogP contribution in [0.1, 0.15) is 28.9 Å². The molecule has 0 aliphatic heterocycles. The third kappa shape index (κ3) is 1.98. The van der Waals surface area contributed by atoms with Crippen molar-refractivity contribution in [1.29, 1.82) is 0 Å². The molecule has 3 heteroatoms. The Bertz CT molecular complexity index is 625. The van der Waals surface area contributed by atoms with Crippen molar-refractivity contribution in [2.45, 2.75) is 39.2 Å². The highest BCUT2D eigenvalue weighted by Gasteiger charge is 2.21. The van der Waals surface area contributed by atoms with E-state index in [1.54, 1.807) is 0 Å². The van der Waals surface area contributed by atoms with Crippen LogP contribution >= 0.6 is 0 Å². The molecule has 0 saturated heterocycles. The number of aryl methyl sites for hydroxylation is 2. The maximum atomic E-state index is 6.09. The van der Waals surface area contributed by atoms with Gasteiger partial charge >= 0.3 is 0 Å². The van der Waals surface area contributed by atoms with Crippen LogP contribution in [0.2, 0.25) is 0 Å². The number of rotatable bonds is 1. The van der Waals surface area contributed by atoms with Crippen LogP contribution in [0.15, 0.2) is 18.2 Å². The van der Waals surface area contributed by atoms with E-state index in [4.69, 9.17) is 5.73 Å². The second-order valence-electron chi connectivity index (χ2n) is 5.62. The first-order chi connectivity index (χ1) is 9.08. The Balaban J connectivity index is 2.19. The van der Waals surface area contributed by atoms with Crippen molar-refractivity contribution in [2.75, 3.05) is 0 Å². The van der Waals surface area contributed by atoms with Gasteiger partial charge in [-0.25, -0.2) is 0 Å². The molecule has 0 radical (unpaired) electrons. The molecule has 3 rings (SSSR count). The summed E-state index contributed by atoms with van der Waals surface area (Å²) >= 11 is 0. The number of hydrogen-bond acceptors (Lipinski definition) is 2. The molecule has 1 atom stereocenters. The standard InChI is InChI=1S/C16H21N3/c1-10-16(11(2)19(3)18-10)15-6-4-5-12-9-13(17)7-8-14(12)15/h4-6,13H,7-9,17H2,1-3H3/t13-/m0/s1. The van der Waals surface area contributed by atoms with Gasteiger partial charge < -0.3 is 5.73 Å². The van der Waals surface area contributed by atoms with Gasteiger partial charge in [0, 0.05) is 24.3 Å². The van der Waals surface area contributed by atoms with Gasteiger partial charge in [-0.3, -0.25) is 4.68 Å². The lowest BCUT2D eigenvalue weighted by Gasteiger charge is -2.24. The van der Waals surface area contributed by atoms with E-state index < -0.39 is 0 Å². The molecule has 2 N–H and O–H groups in total. The van der Waals surface area contributed by atoms with Crippen molar-refractivity contribution in [3.8, 4) is 11.1 Å². The number of fused-ring (bicyclic) bond motifs is 1. The molecule has 0 spiro atoms. The summed E-state index contributed by atoms with van der Waals surface area (Å²) in [5.74, 6) is 0. The molecular formula is C16H21N3. The number of aromatic nitrogens is 2. The lowest BCUT2D eigenvalue weighted by atomic mass is 9.83. The predicted octanol–water partition coefficient (Wildman–Crippen LogP) is 2.52. The number of nitrogens with two attached hydrogens (primary N) is 1. The summed E-state index contributed by atoms with van der Waals surface area (Å²) in [6, 6.07) is 6.92. The smallest absolute Gasteiger partial charge is 0.0674 e. The molecule has 0 amide bonds. The van der Waals surface area contributed by atoms with Crippen molar-refractivity contribution in [2.24, 2.45) is 12.8 Å². The van der Waals surface area contributed by atoms with Crippen molar-refractivity contribution in [3.05, 3.63) is 40.7 Å². The molecule has 1 aromatic carbocycles. The molecule has 2 aromatic rings. The summed E-state index contributed by atoms with van der Waals surface area (Å²) in [6.45, 7) is 4.24. The molecule has 1 aromatic heterocycles. The zero-order valence-electron chi connectivity index (χ0n) is 11.9. The highest BCUT2D eigenvalue weighted by Crippen LogP contribution is 2.34. The minimum absolute atomic E-state index is 0.318. The molecule has 0 unspecified atom stereocenters. The second kappa shape index (κ2) is 4.49. The summed E-state index contributed by atoms with van der Waals surface area (Å²) in [6.07, 6.45) is 3.17. The van der Waals surface area contributed by atoms with E-state index in [9.17, 15) is 0 Å². The minimum Gasteiger partial charge on any atom is -0.327 e. The second-order valence-corrected chi connectivity index (χ2v) is 5.62. The maximum absolute atomic E-state index is 6.09. The number of hydrogen-bond donors (Lipinski definition) is 1. The Morgan fingerprint density at radius 1 is 1.32 bits per heavy atom. The van der Waals surface area contributed by atoms with E-state index in [0.29, 0.717) is 6.04 Å². The van der Waals surface area contributed by atoms with Crippen LogP contribution in [0.25, 0.3) is 11.1 Å². The van der Waals surface area contributed by atoms with Crippen molar-refractivity contribution >= 4 is 0 Å². The molecule has 0 fully saturated rings. The summed E-state index contributed by atoms with van der Waals surface area (Å²) < 4.78 is 1.97. The summed E-state index contributed by atoms with van der Waals surface area (Å²) in [4.78, 5) is 0. The molecule has 100 valence electrons. The van der Waals surface area contributed by atoms with Crippen LogP contribution in [0.4, 0.5) is 0 Å². The third-order valence-corrected chi connectivity index (χ3v) is 4.30. The lowest BCUT2D eigenvalue weighted by molar-refractivity contribution is 0.577. The van der Waals surface area contributed by atoms with E-state index in [-0.39, 0.29) is 0 Å².